The fraction of sp³-hybridized carbons (Fsp3) is 0.133. The minimum absolute atomic E-state index is 0.646. The monoisotopic (exact) mass is 238 g/mol. The van der Waals surface area contributed by atoms with E-state index in [9.17, 15) is 0 Å². The van der Waals surface area contributed by atoms with Crippen LogP contribution in [-0.4, -0.2) is 17.1 Å². The predicted molar refractivity (Wildman–Crippen MR) is 72.8 cm³/mol. The van der Waals surface area contributed by atoms with E-state index in [2.05, 4.69) is 28.2 Å². The molecule has 3 rings (SSSR count). The van der Waals surface area contributed by atoms with Gasteiger partial charge < -0.3 is 9.72 Å². The van der Waals surface area contributed by atoms with Gasteiger partial charge in [-0.3, -0.25) is 0 Å². The Hall–Kier alpha value is -2.29. The second-order valence-electron chi connectivity index (χ2n) is 4.26. The lowest BCUT2D eigenvalue weighted by Gasteiger charge is -2.04. The van der Waals surface area contributed by atoms with Crippen LogP contribution in [0.3, 0.4) is 0 Å². The molecule has 0 aliphatic rings. The Morgan fingerprint density at radius 2 is 1.94 bits per heavy atom. The van der Waals surface area contributed by atoms with Crippen LogP contribution in [0, 0.1) is 6.92 Å². The zero-order valence-electron chi connectivity index (χ0n) is 10.4. The van der Waals surface area contributed by atoms with Gasteiger partial charge in [-0.2, -0.15) is 0 Å². The number of hydrogen-bond acceptors (Lipinski definition) is 2. The number of rotatable bonds is 2. The second-order valence-corrected chi connectivity index (χ2v) is 4.26. The van der Waals surface area contributed by atoms with Gasteiger partial charge in [0.25, 0.3) is 0 Å². The third kappa shape index (κ3) is 1.64. The Bertz CT molecular complexity index is 686. The summed E-state index contributed by atoms with van der Waals surface area (Å²) >= 11 is 0. The van der Waals surface area contributed by atoms with E-state index < -0.39 is 0 Å². The van der Waals surface area contributed by atoms with Crippen molar-refractivity contribution >= 4 is 10.9 Å². The van der Waals surface area contributed by atoms with E-state index in [-0.39, 0.29) is 0 Å². The molecule has 3 aromatic rings. The van der Waals surface area contributed by atoms with E-state index in [4.69, 9.17) is 4.74 Å². The van der Waals surface area contributed by atoms with Crippen molar-refractivity contribution < 1.29 is 4.74 Å². The number of aromatic amines is 1. The van der Waals surface area contributed by atoms with Crippen LogP contribution in [0.1, 0.15) is 5.69 Å². The highest BCUT2D eigenvalue weighted by Crippen LogP contribution is 2.32. The molecule has 2 aromatic heterocycles. The molecule has 0 atom stereocenters. The molecule has 0 spiro atoms. The third-order valence-corrected chi connectivity index (χ3v) is 3.04. The fourth-order valence-electron chi connectivity index (χ4n) is 2.22. The lowest BCUT2D eigenvalue weighted by Crippen LogP contribution is -1.91. The maximum atomic E-state index is 5.32. The number of aryl methyl sites for hydroxylation is 1. The van der Waals surface area contributed by atoms with E-state index in [0.29, 0.717) is 5.88 Å². The normalized spacial score (nSPS) is 10.8. The van der Waals surface area contributed by atoms with Gasteiger partial charge >= 0.3 is 0 Å². The van der Waals surface area contributed by atoms with Crippen molar-refractivity contribution in [2.45, 2.75) is 6.92 Å². The first kappa shape index (κ1) is 10.8. The summed E-state index contributed by atoms with van der Waals surface area (Å²) in [7, 11) is 1.64. The molecule has 0 aliphatic heterocycles. The molecule has 0 unspecified atom stereocenters. The van der Waals surface area contributed by atoms with Crippen molar-refractivity contribution in [1.82, 2.24) is 9.97 Å². The van der Waals surface area contributed by atoms with Crippen molar-refractivity contribution in [3.63, 3.8) is 0 Å². The summed E-state index contributed by atoms with van der Waals surface area (Å²) in [5.74, 6) is 0.646. The van der Waals surface area contributed by atoms with Crippen LogP contribution in [0.5, 0.6) is 5.88 Å². The van der Waals surface area contributed by atoms with Gasteiger partial charge in [0.05, 0.1) is 7.11 Å². The van der Waals surface area contributed by atoms with Crippen molar-refractivity contribution in [3.05, 3.63) is 48.3 Å². The Morgan fingerprint density at radius 3 is 2.67 bits per heavy atom. The van der Waals surface area contributed by atoms with Crippen LogP contribution < -0.4 is 4.74 Å². The predicted octanol–water partition coefficient (Wildman–Crippen LogP) is 3.55. The van der Waals surface area contributed by atoms with E-state index in [1.165, 1.54) is 11.1 Å². The molecular weight excluding hydrogens is 224 g/mol. The lowest BCUT2D eigenvalue weighted by molar-refractivity contribution is 0.401. The maximum Gasteiger partial charge on any atom is 0.238 e. The van der Waals surface area contributed by atoms with Crippen molar-refractivity contribution in [3.8, 4) is 17.0 Å². The van der Waals surface area contributed by atoms with E-state index >= 15 is 0 Å². The topological polar surface area (TPSA) is 37.9 Å². The number of ether oxygens (including phenoxy) is 1. The summed E-state index contributed by atoms with van der Waals surface area (Å²) in [6, 6.07) is 12.4. The molecule has 2 heterocycles. The number of methoxy groups -OCH3 is 1. The summed E-state index contributed by atoms with van der Waals surface area (Å²) in [5.41, 5.74) is 4.27. The van der Waals surface area contributed by atoms with E-state index in [1.54, 1.807) is 7.11 Å². The van der Waals surface area contributed by atoms with Crippen molar-refractivity contribution in [2.24, 2.45) is 0 Å². The first-order valence-electron chi connectivity index (χ1n) is 5.87. The number of pyridine rings is 1. The van der Waals surface area contributed by atoms with Crippen LogP contribution in [0.15, 0.2) is 42.6 Å². The summed E-state index contributed by atoms with van der Waals surface area (Å²) in [6.45, 7) is 1.98. The minimum atomic E-state index is 0.646. The van der Waals surface area contributed by atoms with Crippen molar-refractivity contribution in [2.75, 3.05) is 7.11 Å². The van der Waals surface area contributed by atoms with Crippen LogP contribution in [0.4, 0.5) is 0 Å². The molecule has 0 bridgehead atoms. The second kappa shape index (κ2) is 4.18. The molecule has 0 radical (unpaired) electrons. The summed E-state index contributed by atoms with van der Waals surface area (Å²) in [4.78, 5) is 7.62. The molecule has 0 aliphatic carbocycles. The van der Waals surface area contributed by atoms with Gasteiger partial charge in [-0.1, -0.05) is 30.3 Å². The molecule has 0 fully saturated rings. The SMILES string of the molecule is COc1nc(C)cc2c(-c3ccccc3)c[nH]c12. The summed E-state index contributed by atoms with van der Waals surface area (Å²) in [6.07, 6.45) is 2.00. The Morgan fingerprint density at radius 1 is 1.17 bits per heavy atom. The molecular formula is C15H14N2O. The number of fused-ring (bicyclic) bond motifs is 1. The maximum absolute atomic E-state index is 5.32. The van der Waals surface area contributed by atoms with Gasteiger partial charge in [0.1, 0.15) is 5.52 Å². The first-order valence-corrected chi connectivity index (χ1v) is 5.87. The number of aromatic nitrogens is 2. The molecule has 90 valence electrons. The van der Waals surface area contributed by atoms with E-state index in [1.807, 2.05) is 31.3 Å². The number of H-pyrrole nitrogens is 1. The standard InChI is InChI=1S/C15H14N2O/c1-10-8-12-13(11-6-4-3-5-7-11)9-16-14(12)15(17-10)18-2/h3-9,16H,1-2H3. The first-order chi connectivity index (χ1) is 8.79. The zero-order chi connectivity index (χ0) is 12.5. The molecule has 0 amide bonds. The van der Waals surface area contributed by atoms with Gasteiger partial charge in [-0.25, -0.2) is 4.98 Å². The molecule has 0 saturated heterocycles. The minimum Gasteiger partial charge on any atom is -0.479 e. The van der Waals surface area contributed by atoms with Gasteiger partial charge in [-0.05, 0) is 18.6 Å². The highest BCUT2D eigenvalue weighted by molar-refractivity contribution is 5.97. The van der Waals surface area contributed by atoms with Gasteiger partial charge in [-0.15, -0.1) is 0 Å². The van der Waals surface area contributed by atoms with Crippen LogP contribution in [0.2, 0.25) is 0 Å². The molecule has 3 heteroatoms. The average Bonchev–Trinajstić information content (AvgIpc) is 2.82. The smallest absolute Gasteiger partial charge is 0.238 e. The highest BCUT2D eigenvalue weighted by Gasteiger charge is 2.11. The van der Waals surface area contributed by atoms with Crippen LogP contribution >= 0.6 is 0 Å². The van der Waals surface area contributed by atoms with Crippen molar-refractivity contribution in [1.29, 1.82) is 0 Å². The third-order valence-electron chi connectivity index (χ3n) is 3.04. The highest BCUT2D eigenvalue weighted by atomic mass is 16.5. The Kier molecular flexibility index (Phi) is 2.52. The number of nitrogens with one attached hydrogen (secondary N) is 1. The largest absolute Gasteiger partial charge is 0.479 e. The number of benzene rings is 1. The van der Waals surface area contributed by atoms with Gasteiger partial charge in [0.15, 0.2) is 0 Å². The molecule has 1 aromatic carbocycles. The molecule has 18 heavy (non-hydrogen) atoms. The fourth-order valence-corrected chi connectivity index (χ4v) is 2.22. The lowest BCUT2D eigenvalue weighted by atomic mass is 10.1. The zero-order valence-corrected chi connectivity index (χ0v) is 10.4. The van der Waals surface area contributed by atoms with E-state index in [0.717, 1.165) is 16.6 Å². The number of nitrogens with zero attached hydrogens (tertiary/aromatic N) is 1. The average molecular weight is 238 g/mol. The number of hydrogen-bond donors (Lipinski definition) is 1. The Labute approximate surface area is 105 Å². The molecule has 3 nitrogen and oxygen atoms in total. The van der Waals surface area contributed by atoms with Gasteiger partial charge in [0, 0.05) is 22.8 Å². The summed E-state index contributed by atoms with van der Waals surface area (Å²) in [5, 5.41) is 1.14. The summed E-state index contributed by atoms with van der Waals surface area (Å²) < 4.78 is 5.32. The Balaban J connectivity index is 2.30. The van der Waals surface area contributed by atoms with Crippen LogP contribution in [0.25, 0.3) is 22.0 Å². The quantitative estimate of drug-likeness (QED) is 0.741. The van der Waals surface area contributed by atoms with Crippen LogP contribution in [-0.2, 0) is 0 Å². The molecule has 0 saturated carbocycles. The van der Waals surface area contributed by atoms with Gasteiger partial charge in [0.2, 0.25) is 5.88 Å². The molecule has 1 N–H and O–H groups in total.